The first-order chi connectivity index (χ1) is 9.02. The van der Waals surface area contributed by atoms with Crippen LogP contribution in [0.5, 0.6) is 0 Å². The average molecular weight is 284 g/mol. The molecule has 2 rings (SSSR count). The van der Waals surface area contributed by atoms with Gasteiger partial charge in [-0.3, -0.25) is 0 Å². The van der Waals surface area contributed by atoms with Gasteiger partial charge in [0.05, 0.1) is 12.1 Å². The van der Waals surface area contributed by atoms with Crippen LogP contribution < -0.4 is 11.1 Å². The minimum Gasteiger partial charge on any atom is -0.444 e. The summed E-state index contributed by atoms with van der Waals surface area (Å²) in [5.41, 5.74) is 5.05. The fourth-order valence-electron chi connectivity index (χ4n) is 3.05. The standard InChI is InChI=1S/C15H28N2O3/c1-12(2,3)20-11(18)17-15(8-9-19-10-15)13(4,5)14(16)6-7-14/h6-10,16H2,1-5H3,(H,17,18). The van der Waals surface area contributed by atoms with Gasteiger partial charge in [0.15, 0.2) is 0 Å². The maximum atomic E-state index is 12.2. The van der Waals surface area contributed by atoms with Gasteiger partial charge in [-0.2, -0.15) is 0 Å². The van der Waals surface area contributed by atoms with Crippen molar-refractivity contribution in [2.24, 2.45) is 11.1 Å². The van der Waals surface area contributed by atoms with Crippen molar-refractivity contribution in [3.8, 4) is 0 Å². The van der Waals surface area contributed by atoms with Gasteiger partial charge in [0.25, 0.3) is 0 Å². The lowest BCUT2D eigenvalue weighted by atomic mass is 9.65. The summed E-state index contributed by atoms with van der Waals surface area (Å²) in [6.45, 7) is 11.0. The lowest BCUT2D eigenvalue weighted by Gasteiger charge is -2.47. The van der Waals surface area contributed by atoms with Crippen LogP contribution in [0.15, 0.2) is 0 Å². The van der Waals surface area contributed by atoms with E-state index < -0.39 is 11.1 Å². The van der Waals surface area contributed by atoms with Gasteiger partial charge in [-0.15, -0.1) is 0 Å². The number of rotatable bonds is 3. The second-order valence-corrected chi connectivity index (χ2v) is 7.79. The number of alkyl carbamates (subject to hydrolysis) is 1. The number of amides is 1. The zero-order chi connectivity index (χ0) is 15.2. The van der Waals surface area contributed by atoms with E-state index in [0.29, 0.717) is 13.2 Å². The lowest BCUT2D eigenvalue weighted by molar-refractivity contribution is 0.0182. The zero-order valence-electron chi connectivity index (χ0n) is 13.3. The summed E-state index contributed by atoms with van der Waals surface area (Å²) in [6.07, 6.45) is 2.38. The molecule has 20 heavy (non-hydrogen) atoms. The Kier molecular flexibility index (Phi) is 3.58. The number of carbonyl (C=O) groups excluding carboxylic acids is 1. The van der Waals surface area contributed by atoms with E-state index >= 15 is 0 Å². The second-order valence-electron chi connectivity index (χ2n) is 7.79. The molecule has 1 atom stereocenters. The molecule has 0 aromatic carbocycles. The van der Waals surface area contributed by atoms with Crippen molar-refractivity contribution in [1.29, 1.82) is 0 Å². The van der Waals surface area contributed by atoms with E-state index in [1.54, 1.807) is 0 Å². The highest BCUT2D eigenvalue weighted by Crippen LogP contribution is 2.55. The van der Waals surface area contributed by atoms with Crippen LogP contribution in [0, 0.1) is 5.41 Å². The fraction of sp³-hybridized carbons (Fsp3) is 0.933. The molecule has 0 aromatic heterocycles. The minimum absolute atomic E-state index is 0.213. The van der Waals surface area contributed by atoms with Crippen LogP contribution >= 0.6 is 0 Å². The van der Waals surface area contributed by atoms with Gasteiger partial charge in [0.1, 0.15) is 5.60 Å². The first kappa shape index (κ1) is 15.6. The Balaban J connectivity index is 2.16. The summed E-state index contributed by atoms with van der Waals surface area (Å²) in [4.78, 5) is 12.2. The zero-order valence-corrected chi connectivity index (χ0v) is 13.3. The molecular weight excluding hydrogens is 256 g/mol. The Bertz CT molecular complexity index is 388. The molecule has 1 unspecified atom stereocenters. The number of hydrogen-bond donors (Lipinski definition) is 2. The molecule has 0 spiro atoms. The van der Waals surface area contributed by atoms with Gasteiger partial charge in [-0.1, -0.05) is 13.8 Å². The number of hydrogen-bond acceptors (Lipinski definition) is 4. The number of nitrogens with two attached hydrogens (primary N) is 1. The maximum absolute atomic E-state index is 12.2. The molecule has 1 aliphatic carbocycles. The van der Waals surface area contributed by atoms with Crippen LogP contribution in [-0.4, -0.2) is 36.0 Å². The predicted octanol–water partition coefficient (Wildman–Crippen LogP) is 2.19. The molecule has 2 aliphatic rings. The first-order valence-electron chi connectivity index (χ1n) is 7.39. The third-order valence-corrected chi connectivity index (χ3v) is 4.99. The monoisotopic (exact) mass is 284 g/mol. The highest BCUT2D eigenvalue weighted by molar-refractivity contribution is 5.69. The van der Waals surface area contributed by atoms with E-state index in [-0.39, 0.29) is 17.0 Å². The summed E-state index contributed by atoms with van der Waals surface area (Å²) >= 11 is 0. The first-order valence-corrected chi connectivity index (χ1v) is 7.39. The highest BCUT2D eigenvalue weighted by atomic mass is 16.6. The van der Waals surface area contributed by atoms with Gasteiger partial charge in [0, 0.05) is 17.6 Å². The normalized spacial score (nSPS) is 29.1. The minimum atomic E-state index is -0.505. The lowest BCUT2D eigenvalue weighted by Crippen LogP contribution is -2.65. The van der Waals surface area contributed by atoms with Crippen molar-refractivity contribution < 1.29 is 14.3 Å². The highest BCUT2D eigenvalue weighted by Gasteiger charge is 2.62. The van der Waals surface area contributed by atoms with Crippen molar-refractivity contribution in [2.45, 2.75) is 70.6 Å². The maximum Gasteiger partial charge on any atom is 0.408 e. The van der Waals surface area contributed by atoms with Gasteiger partial charge in [0.2, 0.25) is 0 Å². The Morgan fingerprint density at radius 1 is 1.20 bits per heavy atom. The van der Waals surface area contributed by atoms with Crippen molar-refractivity contribution >= 4 is 6.09 Å². The van der Waals surface area contributed by atoms with Gasteiger partial charge < -0.3 is 20.5 Å². The van der Waals surface area contributed by atoms with Crippen LogP contribution in [0.1, 0.15) is 53.9 Å². The topological polar surface area (TPSA) is 73.6 Å². The summed E-state index contributed by atoms with van der Waals surface area (Å²) in [5.74, 6) is 0. The third-order valence-electron chi connectivity index (χ3n) is 4.99. The Morgan fingerprint density at radius 3 is 2.20 bits per heavy atom. The van der Waals surface area contributed by atoms with E-state index in [4.69, 9.17) is 15.2 Å². The van der Waals surface area contributed by atoms with Crippen molar-refractivity contribution in [3.63, 3.8) is 0 Å². The van der Waals surface area contributed by atoms with E-state index in [1.807, 2.05) is 20.8 Å². The van der Waals surface area contributed by atoms with Crippen LogP contribution in [-0.2, 0) is 9.47 Å². The molecule has 0 bridgehead atoms. The van der Waals surface area contributed by atoms with E-state index in [9.17, 15) is 4.79 Å². The fourth-order valence-corrected chi connectivity index (χ4v) is 3.05. The molecule has 116 valence electrons. The Morgan fingerprint density at radius 2 is 1.80 bits per heavy atom. The molecule has 5 nitrogen and oxygen atoms in total. The predicted molar refractivity (Wildman–Crippen MR) is 77.5 cm³/mol. The molecule has 0 aromatic rings. The van der Waals surface area contributed by atoms with E-state index in [2.05, 4.69) is 19.2 Å². The van der Waals surface area contributed by atoms with Crippen LogP contribution in [0.4, 0.5) is 4.79 Å². The third kappa shape index (κ3) is 2.66. The molecule has 1 amide bonds. The summed E-state index contributed by atoms with van der Waals surface area (Å²) in [7, 11) is 0. The summed E-state index contributed by atoms with van der Waals surface area (Å²) < 4.78 is 11.0. The van der Waals surface area contributed by atoms with Gasteiger partial charge >= 0.3 is 6.09 Å². The Labute approximate surface area is 121 Å². The summed E-state index contributed by atoms with van der Waals surface area (Å²) in [5, 5.41) is 3.07. The molecule has 1 saturated carbocycles. The SMILES string of the molecule is CC(C)(C)OC(=O)NC1(C(C)(C)C2(N)CC2)CCOC1. The van der Waals surface area contributed by atoms with Crippen molar-refractivity contribution in [1.82, 2.24) is 5.32 Å². The van der Waals surface area contributed by atoms with Crippen molar-refractivity contribution in [3.05, 3.63) is 0 Å². The molecule has 1 heterocycles. The molecule has 1 saturated heterocycles. The van der Waals surface area contributed by atoms with Crippen LogP contribution in [0.2, 0.25) is 0 Å². The number of carbonyl (C=O) groups is 1. The molecule has 1 aliphatic heterocycles. The second kappa shape index (κ2) is 4.60. The molecule has 0 radical (unpaired) electrons. The summed E-state index contributed by atoms with van der Waals surface area (Å²) in [6, 6.07) is 0. The average Bonchev–Trinajstić information content (AvgIpc) is 2.85. The largest absolute Gasteiger partial charge is 0.444 e. The number of nitrogens with one attached hydrogen (secondary N) is 1. The molecule has 2 fully saturated rings. The molecule has 3 N–H and O–H groups in total. The number of ether oxygens (including phenoxy) is 2. The van der Waals surface area contributed by atoms with Gasteiger partial charge in [-0.05, 0) is 40.0 Å². The smallest absolute Gasteiger partial charge is 0.408 e. The quantitative estimate of drug-likeness (QED) is 0.833. The molecule has 5 heteroatoms. The van der Waals surface area contributed by atoms with Crippen LogP contribution in [0.25, 0.3) is 0 Å². The van der Waals surface area contributed by atoms with Gasteiger partial charge in [-0.25, -0.2) is 4.79 Å². The Hall–Kier alpha value is -0.810. The van der Waals surface area contributed by atoms with E-state index in [0.717, 1.165) is 19.3 Å². The van der Waals surface area contributed by atoms with Crippen molar-refractivity contribution in [2.75, 3.05) is 13.2 Å². The van der Waals surface area contributed by atoms with E-state index in [1.165, 1.54) is 0 Å². The molecular formula is C15H28N2O3. The van der Waals surface area contributed by atoms with Crippen LogP contribution in [0.3, 0.4) is 0 Å².